The number of hydrogen-bond acceptors (Lipinski definition) is 7. The second-order valence-electron chi connectivity index (χ2n) is 14.0. The fraction of sp³-hybridized carbons (Fsp3) is 0.410. The predicted octanol–water partition coefficient (Wildman–Crippen LogP) is 6.76. The molecule has 0 unspecified atom stereocenters. The SMILES string of the molecule is CC[C@H]1CC[C@H](c2ccc(-c3cnc(-c4ccc(C[C@H](NC(=O)c5ccc(C(C)(C)C)s5)C(=O)N[C@@H](CO)C(=O)O)cc4)nc3)cc2)CC1. The highest BCUT2D eigenvalue weighted by atomic mass is 32.1. The molecule has 4 aromatic rings. The largest absolute Gasteiger partial charge is 0.480 e. The fourth-order valence-electron chi connectivity index (χ4n) is 6.26. The molecule has 258 valence electrons. The minimum absolute atomic E-state index is 0.100. The summed E-state index contributed by atoms with van der Waals surface area (Å²) in [6.07, 6.45) is 10.2. The number of aliphatic carboxylic acids is 1. The molecule has 10 heteroatoms. The molecule has 0 spiro atoms. The van der Waals surface area contributed by atoms with Crippen LogP contribution in [0, 0.1) is 5.92 Å². The maximum atomic E-state index is 13.2. The molecule has 1 saturated carbocycles. The van der Waals surface area contributed by atoms with Crippen LogP contribution in [-0.2, 0) is 21.4 Å². The number of amides is 2. The van der Waals surface area contributed by atoms with Crippen LogP contribution in [0.25, 0.3) is 22.5 Å². The first kappa shape index (κ1) is 35.9. The molecule has 1 aliphatic carbocycles. The Labute approximate surface area is 292 Å². The molecular formula is C39H46N4O5S. The van der Waals surface area contributed by atoms with Gasteiger partial charge >= 0.3 is 5.97 Å². The first-order valence-corrected chi connectivity index (χ1v) is 17.8. The second kappa shape index (κ2) is 15.9. The van der Waals surface area contributed by atoms with E-state index in [0.29, 0.717) is 16.6 Å². The van der Waals surface area contributed by atoms with Gasteiger partial charge in [-0.15, -0.1) is 11.3 Å². The van der Waals surface area contributed by atoms with Gasteiger partial charge < -0.3 is 20.8 Å². The number of thiophene rings is 1. The summed E-state index contributed by atoms with van der Waals surface area (Å²) in [7, 11) is 0. The number of rotatable bonds is 12. The Balaban J connectivity index is 1.26. The predicted molar refractivity (Wildman–Crippen MR) is 193 cm³/mol. The number of carbonyl (C=O) groups is 3. The van der Waals surface area contributed by atoms with Crippen LogP contribution in [0.5, 0.6) is 0 Å². The highest BCUT2D eigenvalue weighted by Gasteiger charge is 2.28. The fourth-order valence-corrected chi connectivity index (χ4v) is 7.23. The highest BCUT2D eigenvalue weighted by Crippen LogP contribution is 2.37. The zero-order valence-corrected chi connectivity index (χ0v) is 29.4. The Kier molecular flexibility index (Phi) is 11.6. The van der Waals surface area contributed by atoms with E-state index in [9.17, 15) is 24.6 Å². The van der Waals surface area contributed by atoms with Gasteiger partial charge in [0.1, 0.15) is 12.1 Å². The molecule has 9 nitrogen and oxygen atoms in total. The Bertz CT molecular complexity index is 1720. The van der Waals surface area contributed by atoms with Gasteiger partial charge in [0.05, 0.1) is 11.5 Å². The van der Waals surface area contributed by atoms with Crippen LogP contribution < -0.4 is 10.6 Å². The Morgan fingerprint density at radius 1 is 0.837 bits per heavy atom. The Morgan fingerprint density at radius 2 is 1.47 bits per heavy atom. The molecular weight excluding hydrogens is 637 g/mol. The number of nitrogens with one attached hydrogen (secondary N) is 2. The second-order valence-corrected chi connectivity index (χ2v) is 15.1. The molecule has 5 rings (SSSR count). The molecule has 0 saturated heterocycles. The number of carboxylic acid groups (broad SMARTS) is 1. The van der Waals surface area contributed by atoms with Crippen molar-refractivity contribution < 1.29 is 24.6 Å². The van der Waals surface area contributed by atoms with Gasteiger partial charge in [-0.25, -0.2) is 14.8 Å². The average Bonchev–Trinajstić information content (AvgIpc) is 3.63. The van der Waals surface area contributed by atoms with E-state index in [-0.39, 0.29) is 11.8 Å². The van der Waals surface area contributed by atoms with Crippen LogP contribution in [0.4, 0.5) is 0 Å². The van der Waals surface area contributed by atoms with Crippen molar-refractivity contribution in [2.45, 2.75) is 89.6 Å². The summed E-state index contributed by atoms with van der Waals surface area (Å²) in [5.74, 6) is -0.432. The molecule has 2 aromatic carbocycles. The molecule has 2 aromatic heterocycles. The molecule has 1 fully saturated rings. The third kappa shape index (κ3) is 9.19. The quantitative estimate of drug-likeness (QED) is 0.129. The lowest BCUT2D eigenvalue weighted by atomic mass is 9.78. The van der Waals surface area contributed by atoms with Gasteiger partial charge in [0.15, 0.2) is 5.82 Å². The summed E-state index contributed by atoms with van der Waals surface area (Å²) < 4.78 is 0. The van der Waals surface area contributed by atoms with Gasteiger partial charge in [-0.1, -0.05) is 82.6 Å². The van der Waals surface area contributed by atoms with E-state index < -0.39 is 36.5 Å². The molecule has 4 N–H and O–H groups in total. The van der Waals surface area contributed by atoms with Gasteiger partial charge in [-0.2, -0.15) is 0 Å². The van der Waals surface area contributed by atoms with Gasteiger partial charge in [-0.3, -0.25) is 9.59 Å². The van der Waals surface area contributed by atoms with Crippen molar-refractivity contribution in [1.29, 1.82) is 0 Å². The van der Waals surface area contributed by atoms with E-state index in [1.807, 2.05) is 42.7 Å². The van der Waals surface area contributed by atoms with Crippen LogP contribution in [0.15, 0.2) is 73.1 Å². The molecule has 0 aliphatic heterocycles. The first-order chi connectivity index (χ1) is 23.4. The smallest absolute Gasteiger partial charge is 0.328 e. The Hall–Kier alpha value is -4.41. The van der Waals surface area contributed by atoms with E-state index in [1.165, 1.54) is 49.0 Å². The van der Waals surface area contributed by atoms with Crippen molar-refractivity contribution >= 4 is 29.1 Å². The first-order valence-electron chi connectivity index (χ1n) is 17.0. The number of carboxylic acids is 1. The van der Waals surface area contributed by atoms with E-state index in [1.54, 1.807) is 6.07 Å². The Morgan fingerprint density at radius 3 is 2.02 bits per heavy atom. The van der Waals surface area contributed by atoms with Crippen molar-refractivity contribution in [2.75, 3.05) is 6.61 Å². The van der Waals surface area contributed by atoms with Crippen LogP contribution >= 0.6 is 11.3 Å². The average molecular weight is 683 g/mol. The zero-order valence-electron chi connectivity index (χ0n) is 28.6. The van der Waals surface area contributed by atoms with E-state index in [2.05, 4.69) is 72.6 Å². The minimum Gasteiger partial charge on any atom is -0.480 e. The summed E-state index contributed by atoms with van der Waals surface area (Å²) >= 11 is 1.35. The lowest BCUT2D eigenvalue weighted by Crippen LogP contribution is -2.53. The number of nitrogens with zero attached hydrogens (tertiary/aromatic N) is 2. The van der Waals surface area contributed by atoms with Crippen molar-refractivity contribution in [1.82, 2.24) is 20.6 Å². The monoisotopic (exact) mass is 682 g/mol. The van der Waals surface area contributed by atoms with Crippen LogP contribution in [0.3, 0.4) is 0 Å². The number of hydrogen-bond donors (Lipinski definition) is 4. The van der Waals surface area contributed by atoms with Crippen LogP contribution in [0.1, 0.15) is 91.4 Å². The third-order valence-corrected chi connectivity index (χ3v) is 10.9. The summed E-state index contributed by atoms with van der Waals surface area (Å²) in [6.45, 7) is 7.67. The molecule has 0 radical (unpaired) electrons. The molecule has 2 heterocycles. The summed E-state index contributed by atoms with van der Waals surface area (Å²) in [5.41, 5.74) is 4.81. The molecule has 1 aliphatic rings. The van der Waals surface area contributed by atoms with E-state index in [4.69, 9.17) is 0 Å². The maximum Gasteiger partial charge on any atom is 0.328 e. The summed E-state index contributed by atoms with van der Waals surface area (Å²) in [5, 5.41) is 23.9. The number of carbonyl (C=O) groups excluding carboxylic acids is 2. The summed E-state index contributed by atoms with van der Waals surface area (Å²) in [6, 6.07) is 17.2. The van der Waals surface area contributed by atoms with Crippen molar-refractivity contribution in [2.24, 2.45) is 5.92 Å². The number of aliphatic hydroxyl groups excluding tert-OH is 1. The van der Waals surface area contributed by atoms with Crippen molar-refractivity contribution in [3.05, 3.63) is 93.9 Å². The standard InChI is InChI=1S/C39H46N4O5S/c1-5-24-6-10-26(11-7-24)27-14-16-28(17-15-27)30-21-40-35(41-22-30)29-12-8-25(9-13-29)20-31(36(45)43-32(23-44)38(47)48)42-37(46)33-18-19-34(49-33)39(2,3)4/h8-9,12-19,21-22,24,26,31-32,44H,5-7,10-11,20,23H2,1-4H3,(H,42,46)(H,43,45)(H,47,48)/t24-,26-,31-,32-/m0/s1. The lowest BCUT2D eigenvalue weighted by Gasteiger charge is -2.28. The minimum atomic E-state index is -1.49. The third-order valence-electron chi connectivity index (χ3n) is 9.43. The maximum absolute atomic E-state index is 13.2. The molecule has 2 amide bonds. The van der Waals surface area contributed by atoms with E-state index in [0.717, 1.165) is 33.0 Å². The summed E-state index contributed by atoms with van der Waals surface area (Å²) in [4.78, 5) is 48.6. The topological polar surface area (TPSA) is 142 Å². The molecule has 2 atom stereocenters. The normalized spacial score (nSPS) is 17.6. The zero-order chi connectivity index (χ0) is 35.1. The van der Waals surface area contributed by atoms with E-state index >= 15 is 0 Å². The number of aliphatic hydroxyl groups is 1. The number of aromatic nitrogens is 2. The van der Waals surface area contributed by atoms with Gasteiger partial charge in [-0.05, 0) is 71.8 Å². The van der Waals surface area contributed by atoms with Gasteiger partial charge in [0.2, 0.25) is 5.91 Å². The molecule has 0 bridgehead atoms. The van der Waals surface area contributed by atoms with Gasteiger partial charge in [0.25, 0.3) is 5.91 Å². The van der Waals surface area contributed by atoms with Crippen molar-refractivity contribution in [3.63, 3.8) is 0 Å². The van der Waals surface area contributed by atoms with Gasteiger partial charge in [0, 0.05) is 34.8 Å². The highest BCUT2D eigenvalue weighted by molar-refractivity contribution is 7.14. The number of benzene rings is 2. The molecule has 49 heavy (non-hydrogen) atoms. The lowest BCUT2D eigenvalue weighted by molar-refractivity contribution is -0.143. The van der Waals surface area contributed by atoms with Crippen molar-refractivity contribution in [3.8, 4) is 22.5 Å². The van der Waals surface area contributed by atoms with Crippen LogP contribution in [0.2, 0.25) is 0 Å². The van der Waals surface area contributed by atoms with Crippen LogP contribution in [-0.4, -0.2) is 56.7 Å².